The number of carbonyl (C=O) groups excluding carboxylic acids is 1. The lowest BCUT2D eigenvalue weighted by Gasteiger charge is -2.64. The molecule has 1 aliphatic heterocycles. The van der Waals surface area contributed by atoms with Crippen LogP contribution < -0.4 is 5.73 Å². The van der Waals surface area contributed by atoms with E-state index in [1.807, 2.05) is 6.08 Å². The van der Waals surface area contributed by atoms with Gasteiger partial charge in [0.1, 0.15) is 0 Å². The highest BCUT2D eigenvalue weighted by atomic mass is 16.5. The lowest BCUT2D eigenvalue weighted by atomic mass is 9.43. The van der Waals surface area contributed by atoms with Crippen molar-refractivity contribution in [2.24, 2.45) is 46.2 Å². The van der Waals surface area contributed by atoms with Crippen molar-refractivity contribution in [1.29, 1.82) is 0 Å². The van der Waals surface area contributed by atoms with Gasteiger partial charge >= 0.3 is 0 Å². The summed E-state index contributed by atoms with van der Waals surface area (Å²) in [5, 5.41) is 0. The molecule has 4 saturated carbocycles. The Labute approximate surface area is 163 Å². The van der Waals surface area contributed by atoms with E-state index in [9.17, 15) is 4.79 Å². The molecule has 0 amide bonds. The number of nitrogens with two attached hydrogens (primary N) is 1. The van der Waals surface area contributed by atoms with Crippen LogP contribution in [0.1, 0.15) is 72.1 Å². The highest BCUT2D eigenvalue weighted by Gasteiger charge is 2.77. The summed E-state index contributed by atoms with van der Waals surface area (Å²) < 4.78 is 6.59. The molecular weight excluding hydrogens is 334 g/mol. The largest absolute Gasteiger partial charge is 0.374 e. The average Bonchev–Trinajstić information content (AvgIpc) is 3.21. The second-order valence-electron chi connectivity index (χ2n) is 11.5. The molecule has 2 N–H and O–H groups in total. The van der Waals surface area contributed by atoms with E-state index in [0.29, 0.717) is 35.4 Å². The molecule has 1 saturated heterocycles. The van der Waals surface area contributed by atoms with Gasteiger partial charge in [-0.3, -0.25) is 4.79 Å². The van der Waals surface area contributed by atoms with Gasteiger partial charge in [-0.25, -0.2) is 0 Å². The molecule has 9 atom stereocenters. The summed E-state index contributed by atoms with van der Waals surface area (Å²) in [5.74, 6) is 3.26. The van der Waals surface area contributed by atoms with E-state index in [-0.39, 0.29) is 22.0 Å². The van der Waals surface area contributed by atoms with E-state index in [1.165, 1.54) is 44.1 Å². The number of rotatable bonds is 0. The number of ether oxygens (including phenoxy) is 1. The van der Waals surface area contributed by atoms with E-state index >= 15 is 0 Å². The molecule has 1 heterocycles. The molecule has 0 bridgehead atoms. The first-order valence-electron chi connectivity index (χ1n) is 11.4. The van der Waals surface area contributed by atoms with Crippen LogP contribution in [0.3, 0.4) is 0 Å². The molecule has 6 aliphatic rings. The lowest BCUT2D eigenvalue weighted by Crippen LogP contribution is -2.69. The zero-order chi connectivity index (χ0) is 18.8. The van der Waals surface area contributed by atoms with Gasteiger partial charge in [0.25, 0.3) is 0 Å². The Bertz CT molecular complexity index is 751. The summed E-state index contributed by atoms with van der Waals surface area (Å²) in [7, 11) is 0. The van der Waals surface area contributed by atoms with E-state index in [0.717, 1.165) is 19.4 Å². The average molecular weight is 370 g/mol. The van der Waals surface area contributed by atoms with Crippen molar-refractivity contribution in [3.63, 3.8) is 0 Å². The van der Waals surface area contributed by atoms with Crippen molar-refractivity contribution in [1.82, 2.24) is 0 Å². The maximum atomic E-state index is 12.2. The van der Waals surface area contributed by atoms with E-state index < -0.39 is 0 Å². The molecule has 3 heteroatoms. The number of fused-ring (bicyclic) bond motifs is 9. The molecule has 0 aromatic heterocycles. The predicted molar refractivity (Wildman–Crippen MR) is 105 cm³/mol. The molecule has 27 heavy (non-hydrogen) atoms. The van der Waals surface area contributed by atoms with Gasteiger partial charge in [-0.2, -0.15) is 0 Å². The quantitative estimate of drug-likeness (QED) is 0.694. The summed E-state index contributed by atoms with van der Waals surface area (Å²) in [4.78, 5) is 12.2. The fourth-order valence-electron chi connectivity index (χ4n) is 9.56. The monoisotopic (exact) mass is 369 g/mol. The van der Waals surface area contributed by atoms with Crippen LogP contribution in [0.4, 0.5) is 0 Å². The molecule has 6 rings (SSSR count). The number of ketones is 1. The van der Waals surface area contributed by atoms with Crippen LogP contribution in [-0.4, -0.2) is 23.5 Å². The van der Waals surface area contributed by atoms with E-state index in [1.54, 1.807) is 0 Å². The highest BCUT2D eigenvalue weighted by molar-refractivity contribution is 5.92. The minimum atomic E-state index is -0.0617. The van der Waals surface area contributed by atoms with Crippen molar-refractivity contribution in [2.45, 2.75) is 83.3 Å². The Kier molecular flexibility index (Phi) is 3.12. The molecule has 5 aliphatic carbocycles. The van der Waals surface area contributed by atoms with Gasteiger partial charge in [0.15, 0.2) is 5.78 Å². The van der Waals surface area contributed by atoms with Crippen LogP contribution in [0.5, 0.6) is 0 Å². The minimum absolute atomic E-state index is 0.0617. The zero-order valence-corrected chi connectivity index (χ0v) is 17.2. The lowest BCUT2D eigenvalue weighted by molar-refractivity contribution is -0.155. The Morgan fingerprint density at radius 3 is 2.70 bits per heavy atom. The first-order chi connectivity index (χ1) is 12.8. The normalized spacial score (nSPS) is 61.1. The van der Waals surface area contributed by atoms with E-state index in [4.69, 9.17) is 10.5 Å². The summed E-state index contributed by atoms with van der Waals surface area (Å²) >= 11 is 0. The van der Waals surface area contributed by atoms with Crippen molar-refractivity contribution in [3.05, 3.63) is 11.6 Å². The maximum Gasteiger partial charge on any atom is 0.155 e. The molecule has 5 fully saturated rings. The van der Waals surface area contributed by atoms with Crippen molar-refractivity contribution >= 4 is 5.78 Å². The molecular formula is C24H35NO2. The Morgan fingerprint density at radius 2 is 1.96 bits per heavy atom. The summed E-state index contributed by atoms with van der Waals surface area (Å²) in [6, 6.07) is 0. The third-order valence-electron chi connectivity index (χ3n) is 10.8. The molecule has 0 aromatic rings. The number of carbonyl (C=O) groups is 1. The number of allylic oxidation sites excluding steroid dienone is 1. The maximum absolute atomic E-state index is 12.2. The molecule has 0 radical (unpaired) electrons. The summed E-state index contributed by atoms with van der Waals surface area (Å²) in [6.07, 6.45) is 11.1. The molecule has 0 aromatic carbocycles. The van der Waals surface area contributed by atoms with E-state index in [2.05, 4.69) is 20.8 Å². The van der Waals surface area contributed by atoms with Crippen LogP contribution in [-0.2, 0) is 9.53 Å². The number of hydrogen-bond donors (Lipinski definition) is 1. The molecule has 1 spiro atoms. The Hall–Kier alpha value is -0.670. The van der Waals surface area contributed by atoms with Gasteiger partial charge in [-0.15, -0.1) is 0 Å². The fraction of sp³-hybridized carbons (Fsp3) is 0.875. The topological polar surface area (TPSA) is 52.3 Å². The SMILES string of the molecule is C[C@@H]1C[C@H]2C3(N)C4CC4C4=CC(=O)CCC4(C)[C@H]3CCC2(C)[C@]12CCCO2. The van der Waals surface area contributed by atoms with Gasteiger partial charge in [-0.1, -0.05) is 26.3 Å². The van der Waals surface area contributed by atoms with Crippen LogP contribution in [0.2, 0.25) is 0 Å². The van der Waals surface area contributed by atoms with Crippen LogP contribution in [0.25, 0.3) is 0 Å². The standard InChI is InChI=1S/C24H35NO2/c1-14-11-20-22(3,23(14)7-4-10-27-23)9-6-19-21(2)8-5-15(26)12-17(21)16-13-18(16)24(19,20)25/h12,14,16,18-20H,4-11,13,25H2,1-3H3/t14-,16?,18?,19-,20-,21?,22?,23+,24?/m1/s1. The molecule has 3 nitrogen and oxygen atoms in total. The van der Waals surface area contributed by atoms with Crippen molar-refractivity contribution in [3.8, 4) is 0 Å². The molecule has 148 valence electrons. The summed E-state index contributed by atoms with van der Waals surface area (Å²) in [6.45, 7) is 8.36. The predicted octanol–water partition coefficient (Wildman–Crippen LogP) is 4.25. The van der Waals surface area contributed by atoms with Gasteiger partial charge < -0.3 is 10.5 Å². The van der Waals surface area contributed by atoms with Crippen molar-refractivity contribution < 1.29 is 9.53 Å². The third-order valence-corrected chi connectivity index (χ3v) is 10.8. The summed E-state index contributed by atoms with van der Waals surface area (Å²) in [5.41, 5.74) is 9.46. The van der Waals surface area contributed by atoms with Gasteiger partial charge in [-0.05, 0) is 86.0 Å². The van der Waals surface area contributed by atoms with Crippen molar-refractivity contribution in [2.75, 3.05) is 6.61 Å². The van der Waals surface area contributed by atoms with Gasteiger partial charge in [0.2, 0.25) is 0 Å². The first kappa shape index (κ1) is 17.2. The highest BCUT2D eigenvalue weighted by Crippen LogP contribution is 2.77. The smallest absolute Gasteiger partial charge is 0.155 e. The second kappa shape index (κ2) is 4.90. The third kappa shape index (κ3) is 1.73. The molecule has 5 unspecified atom stereocenters. The van der Waals surface area contributed by atoms with Crippen LogP contribution >= 0.6 is 0 Å². The Morgan fingerprint density at radius 1 is 1.15 bits per heavy atom. The second-order valence-corrected chi connectivity index (χ2v) is 11.5. The van der Waals surface area contributed by atoms with Gasteiger partial charge in [0, 0.05) is 24.0 Å². The van der Waals surface area contributed by atoms with Crippen LogP contribution in [0, 0.1) is 40.4 Å². The van der Waals surface area contributed by atoms with Crippen LogP contribution in [0.15, 0.2) is 11.6 Å². The number of hydrogen-bond acceptors (Lipinski definition) is 3. The first-order valence-corrected chi connectivity index (χ1v) is 11.4. The van der Waals surface area contributed by atoms with Gasteiger partial charge in [0.05, 0.1) is 5.60 Å². The zero-order valence-electron chi connectivity index (χ0n) is 17.2. The minimum Gasteiger partial charge on any atom is -0.374 e. The Balaban J connectivity index is 1.48. The fourth-order valence-corrected chi connectivity index (χ4v) is 9.56.